The normalized spacial score (nSPS) is 10.7. The molecular formula is C13H18O2. The number of benzene rings is 1. The maximum Gasteiger partial charge on any atom is 0.188 e. The van der Waals surface area contributed by atoms with Crippen LogP contribution in [-0.2, 0) is 4.74 Å². The van der Waals surface area contributed by atoms with Crippen LogP contribution in [0.1, 0.15) is 29.8 Å². The van der Waals surface area contributed by atoms with E-state index >= 15 is 0 Å². The first kappa shape index (κ1) is 11.9. The molecule has 0 saturated carbocycles. The molecule has 0 bridgehead atoms. The van der Waals surface area contributed by atoms with Crippen molar-refractivity contribution in [3.8, 4) is 0 Å². The summed E-state index contributed by atoms with van der Waals surface area (Å²) in [6, 6.07) is 7.57. The second kappa shape index (κ2) is 5.66. The molecule has 0 atom stereocenters. The van der Waals surface area contributed by atoms with Gasteiger partial charge in [0.2, 0.25) is 0 Å². The molecule has 2 nitrogen and oxygen atoms in total. The maximum atomic E-state index is 11.6. The van der Waals surface area contributed by atoms with Gasteiger partial charge in [-0.1, -0.05) is 43.7 Å². The average molecular weight is 206 g/mol. The fourth-order valence-corrected chi connectivity index (χ4v) is 1.21. The van der Waals surface area contributed by atoms with Gasteiger partial charge in [-0.05, 0) is 12.8 Å². The van der Waals surface area contributed by atoms with Crippen LogP contribution in [0.25, 0.3) is 0 Å². The summed E-state index contributed by atoms with van der Waals surface area (Å²) in [5.41, 5.74) is 1.89. The molecule has 0 aliphatic heterocycles. The van der Waals surface area contributed by atoms with E-state index in [2.05, 4.69) is 13.8 Å². The molecule has 0 saturated heterocycles. The topological polar surface area (TPSA) is 26.3 Å². The summed E-state index contributed by atoms with van der Waals surface area (Å²) in [5, 5.41) is 0. The van der Waals surface area contributed by atoms with Crippen molar-refractivity contribution in [2.24, 2.45) is 5.92 Å². The quantitative estimate of drug-likeness (QED) is 0.692. The number of carbonyl (C=O) groups is 1. The number of Topliss-reactive ketones (excluding diaryl/α,β-unsaturated/α-hetero) is 1. The molecule has 1 rings (SSSR count). The van der Waals surface area contributed by atoms with Gasteiger partial charge in [0.05, 0.1) is 0 Å². The Morgan fingerprint density at radius 2 is 1.87 bits per heavy atom. The number of carbonyl (C=O) groups excluding carboxylic acids is 1. The summed E-state index contributed by atoms with van der Waals surface area (Å²) < 4.78 is 5.29. The number of aryl methyl sites for hydroxylation is 1. The minimum atomic E-state index is 0.0515. The lowest BCUT2D eigenvalue weighted by Crippen LogP contribution is -2.12. The van der Waals surface area contributed by atoms with Gasteiger partial charge in [-0.15, -0.1) is 0 Å². The van der Waals surface area contributed by atoms with E-state index in [9.17, 15) is 4.79 Å². The zero-order valence-corrected chi connectivity index (χ0v) is 9.62. The van der Waals surface area contributed by atoms with Crippen molar-refractivity contribution in [3.63, 3.8) is 0 Å². The van der Waals surface area contributed by atoms with Gasteiger partial charge in [0.1, 0.15) is 6.61 Å². The second-order valence-electron chi connectivity index (χ2n) is 4.20. The van der Waals surface area contributed by atoms with Crippen LogP contribution in [0.15, 0.2) is 24.3 Å². The SMILES string of the molecule is Cc1ccc(C(=O)COCC(C)C)cc1. The number of ketones is 1. The van der Waals surface area contributed by atoms with Crippen LogP contribution < -0.4 is 0 Å². The molecule has 0 fully saturated rings. The largest absolute Gasteiger partial charge is 0.373 e. The van der Waals surface area contributed by atoms with Gasteiger partial charge in [-0.3, -0.25) is 4.79 Å². The van der Waals surface area contributed by atoms with Crippen LogP contribution in [0, 0.1) is 12.8 Å². The summed E-state index contributed by atoms with van der Waals surface area (Å²) in [6.07, 6.45) is 0. The monoisotopic (exact) mass is 206 g/mol. The summed E-state index contributed by atoms with van der Waals surface area (Å²) >= 11 is 0. The molecule has 1 aromatic carbocycles. The number of hydrogen-bond donors (Lipinski definition) is 0. The van der Waals surface area contributed by atoms with E-state index in [-0.39, 0.29) is 12.4 Å². The molecule has 0 aliphatic carbocycles. The first-order valence-electron chi connectivity index (χ1n) is 5.27. The van der Waals surface area contributed by atoms with Gasteiger partial charge < -0.3 is 4.74 Å². The zero-order valence-electron chi connectivity index (χ0n) is 9.62. The Morgan fingerprint density at radius 1 is 1.27 bits per heavy atom. The zero-order chi connectivity index (χ0) is 11.3. The standard InChI is InChI=1S/C13H18O2/c1-10(2)8-15-9-13(14)12-6-4-11(3)5-7-12/h4-7,10H,8-9H2,1-3H3. The highest BCUT2D eigenvalue weighted by Gasteiger charge is 2.05. The van der Waals surface area contributed by atoms with Crippen molar-refractivity contribution >= 4 is 5.78 Å². The minimum Gasteiger partial charge on any atom is -0.373 e. The highest BCUT2D eigenvalue weighted by molar-refractivity contribution is 5.97. The van der Waals surface area contributed by atoms with Crippen LogP contribution in [0.4, 0.5) is 0 Å². The van der Waals surface area contributed by atoms with E-state index in [4.69, 9.17) is 4.74 Å². The lowest BCUT2D eigenvalue weighted by atomic mass is 10.1. The summed E-state index contributed by atoms with van der Waals surface area (Å²) in [5.74, 6) is 0.520. The van der Waals surface area contributed by atoms with Crippen molar-refractivity contribution in [2.75, 3.05) is 13.2 Å². The predicted molar refractivity (Wildman–Crippen MR) is 61.2 cm³/mol. The molecule has 0 heterocycles. The highest BCUT2D eigenvalue weighted by Crippen LogP contribution is 2.04. The third-order valence-electron chi connectivity index (χ3n) is 2.06. The summed E-state index contributed by atoms with van der Waals surface area (Å²) in [4.78, 5) is 11.6. The second-order valence-corrected chi connectivity index (χ2v) is 4.20. The Hall–Kier alpha value is -1.15. The van der Waals surface area contributed by atoms with E-state index in [0.29, 0.717) is 12.5 Å². The van der Waals surface area contributed by atoms with Gasteiger partial charge in [0.15, 0.2) is 5.78 Å². The van der Waals surface area contributed by atoms with Crippen LogP contribution >= 0.6 is 0 Å². The van der Waals surface area contributed by atoms with Gasteiger partial charge >= 0.3 is 0 Å². The lowest BCUT2D eigenvalue weighted by Gasteiger charge is -2.06. The number of hydrogen-bond acceptors (Lipinski definition) is 2. The Bertz CT molecular complexity index is 312. The van der Waals surface area contributed by atoms with E-state index in [1.807, 2.05) is 31.2 Å². The van der Waals surface area contributed by atoms with Gasteiger partial charge in [0, 0.05) is 12.2 Å². The van der Waals surface area contributed by atoms with Crippen molar-refractivity contribution in [2.45, 2.75) is 20.8 Å². The molecule has 0 amide bonds. The molecule has 82 valence electrons. The third-order valence-corrected chi connectivity index (χ3v) is 2.06. The molecule has 1 aromatic rings. The van der Waals surface area contributed by atoms with Gasteiger partial charge in [-0.25, -0.2) is 0 Å². The van der Waals surface area contributed by atoms with Crippen LogP contribution in [0.3, 0.4) is 0 Å². The molecule has 0 N–H and O–H groups in total. The van der Waals surface area contributed by atoms with Crippen LogP contribution in [0.2, 0.25) is 0 Å². The molecule has 0 aliphatic rings. The molecule has 0 radical (unpaired) electrons. The average Bonchev–Trinajstić information content (AvgIpc) is 2.18. The molecule has 15 heavy (non-hydrogen) atoms. The lowest BCUT2D eigenvalue weighted by molar-refractivity contribution is 0.0705. The Labute approximate surface area is 91.3 Å². The molecule has 0 unspecified atom stereocenters. The van der Waals surface area contributed by atoms with E-state index in [1.54, 1.807) is 0 Å². The van der Waals surface area contributed by atoms with E-state index < -0.39 is 0 Å². The van der Waals surface area contributed by atoms with Gasteiger partial charge in [0.25, 0.3) is 0 Å². The van der Waals surface area contributed by atoms with Crippen molar-refractivity contribution in [1.29, 1.82) is 0 Å². The molecule has 0 spiro atoms. The number of ether oxygens (including phenoxy) is 1. The third kappa shape index (κ3) is 4.26. The first-order chi connectivity index (χ1) is 7.09. The smallest absolute Gasteiger partial charge is 0.188 e. The van der Waals surface area contributed by atoms with Gasteiger partial charge in [-0.2, -0.15) is 0 Å². The van der Waals surface area contributed by atoms with Crippen molar-refractivity contribution in [1.82, 2.24) is 0 Å². The van der Waals surface area contributed by atoms with Crippen LogP contribution in [-0.4, -0.2) is 19.0 Å². The fraction of sp³-hybridized carbons (Fsp3) is 0.462. The minimum absolute atomic E-state index is 0.0515. The Morgan fingerprint density at radius 3 is 2.40 bits per heavy atom. The summed E-state index contributed by atoms with van der Waals surface area (Å²) in [6.45, 7) is 6.95. The Kier molecular flexibility index (Phi) is 4.50. The highest BCUT2D eigenvalue weighted by atomic mass is 16.5. The number of rotatable bonds is 5. The summed E-state index contributed by atoms with van der Waals surface area (Å²) in [7, 11) is 0. The first-order valence-corrected chi connectivity index (χ1v) is 5.27. The Balaban J connectivity index is 2.43. The van der Waals surface area contributed by atoms with E-state index in [0.717, 1.165) is 11.1 Å². The molecular weight excluding hydrogens is 188 g/mol. The van der Waals surface area contributed by atoms with Crippen LogP contribution in [0.5, 0.6) is 0 Å². The molecule has 0 aromatic heterocycles. The van der Waals surface area contributed by atoms with E-state index in [1.165, 1.54) is 0 Å². The van der Waals surface area contributed by atoms with Crippen molar-refractivity contribution in [3.05, 3.63) is 35.4 Å². The fourth-order valence-electron chi connectivity index (χ4n) is 1.21. The predicted octanol–water partition coefficient (Wildman–Crippen LogP) is 2.85. The molecule has 2 heteroatoms. The van der Waals surface area contributed by atoms with Crippen molar-refractivity contribution < 1.29 is 9.53 Å². The maximum absolute atomic E-state index is 11.6.